The summed E-state index contributed by atoms with van der Waals surface area (Å²) < 4.78 is 41.8. The van der Waals surface area contributed by atoms with Crippen molar-refractivity contribution in [2.75, 3.05) is 34.9 Å². The van der Waals surface area contributed by atoms with Gasteiger partial charge in [-0.05, 0) is 35.6 Å². The molecule has 9 heteroatoms. The van der Waals surface area contributed by atoms with Crippen molar-refractivity contribution in [3.05, 3.63) is 40.1 Å². The Labute approximate surface area is 157 Å². The molecule has 0 aliphatic rings. The van der Waals surface area contributed by atoms with Crippen LogP contribution in [0.5, 0.6) is 11.5 Å². The van der Waals surface area contributed by atoms with Crippen molar-refractivity contribution in [1.82, 2.24) is 4.31 Å². The van der Waals surface area contributed by atoms with E-state index in [4.69, 9.17) is 9.47 Å². The van der Waals surface area contributed by atoms with Gasteiger partial charge in [-0.25, -0.2) is 17.5 Å². The molecule has 0 bridgehead atoms. The van der Waals surface area contributed by atoms with Crippen LogP contribution in [0.3, 0.4) is 0 Å². The molecule has 0 aliphatic heterocycles. The summed E-state index contributed by atoms with van der Waals surface area (Å²) in [6.07, 6.45) is 0.480. The first-order valence-electron chi connectivity index (χ1n) is 7.68. The van der Waals surface area contributed by atoms with Crippen LogP contribution in [0, 0.1) is 0 Å². The fourth-order valence-corrected chi connectivity index (χ4v) is 4.83. The van der Waals surface area contributed by atoms with Gasteiger partial charge in [0.1, 0.15) is 9.77 Å². The smallest absolute Gasteiger partial charge is 0.349 e. The minimum Gasteiger partial charge on any atom is -0.493 e. The number of sulfonamides is 1. The van der Waals surface area contributed by atoms with Gasteiger partial charge in [0.25, 0.3) is 0 Å². The zero-order valence-corrected chi connectivity index (χ0v) is 16.6. The van der Waals surface area contributed by atoms with Crippen molar-refractivity contribution in [1.29, 1.82) is 0 Å². The van der Waals surface area contributed by atoms with Crippen molar-refractivity contribution in [2.45, 2.75) is 11.3 Å². The molecule has 0 amide bonds. The maximum absolute atomic E-state index is 12.8. The second kappa shape index (κ2) is 8.52. The van der Waals surface area contributed by atoms with Crippen molar-refractivity contribution in [3.8, 4) is 11.5 Å². The number of thiophene rings is 1. The molecule has 0 unspecified atom stereocenters. The summed E-state index contributed by atoms with van der Waals surface area (Å²) >= 11 is 1.04. The van der Waals surface area contributed by atoms with E-state index in [-0.39, 0.29) is 16.3 Å². The van der Waals surface area contributed by atoms with Gasteiger partial charge in [0.2, 0.25) is 10.0 Å². The van der Waals surface area contributed by atoms with E-state index in [1.807, 2.05) is 12.1 Å². The van der Waals surface area contributed by atoms with Crippen LogP contribution >= 0.6 is 11.3 Å². The van der Waals surface area contributed by atoms with Crippen LogP contribution in [-0.4, -0.2) is 53.6 Å². The van der Waals surface area contributed by atoms with Crippen LogP contribution in [0.1, 0.15) is 15.2 Å². The fraction of sp³-hybridized carbons (Fsp3) is 0.353. The molecule has 1 aromatic heterocycles. The summed E-state index contributed by atoms with van der Waals surface area (Å²) in [5.41, 5.74) is 0.906. The van der Waals surface area contributed by atoms with E-state index in [0.717, 1.165) is 16.9 Å². The first kappa shape index (κ1) is 20.2. The summed E-state index contributed by atoms with van der Waals surface area (Å²) in [7, 11) is 2.01. The highest BCUT2D eigenvalue weighted by molar-refractivity contribution is 7.89. The molecule has 0 radical (unpaired) electrons. The Morgan fingerprint density at radius 3 is 2.42 bits per heavy atom. The van der Waals surface area contributed by atoms with Crippen LogP contribution in [0.2, 0.25) is 0 Å². The number of nitrogens with zero attached hydrogens (tertiary/aromatic N) is 1. The third-order valence-electron chi connectivity index (χ3n) is 3.85. The SMILES string of the molecule is COC(=O)c1sccc1S(=O)(=O)N(C)CCc1ccc(OC)c(OC)c1. The van der Waals surface area contributed by atoms with Crippen LogP contribution in [-0.2, 0) is 21.2 Å². The molecule has 0 saturated carbocycles. The molecule has 7 nitrogen and oxygen atoms in total. The lowest BCUT2D eigenvalue weighted by atomic mass is 10.1. The highest BCUT2D eigenvalue weighted by Crippen LogP contribution is 2.28. The van der Waals surface area contributed by atoms with Gasteiger partial charge in [-0.2, -0.15) is 0 Å². The largest absolute Gasteiger partial charge is 0.493 e. The Bertz CT molecular complexity index is 875. The number of rotatable bonds is 8. The standard InChI is InChI=1S/C17H21NO6S2/c1-18(9-7-12-5-6-13(22-2)14(11-12)23-3)26(20,21)15-8-10-25-16(15)17(19)24-4/h5-6,8,10-11H,7,9H2,1-4H3. The molecule has 0 saturated heterocycles. The molecule has 1 aromatic carbocycles. The second-order valence-corrected chi connectivity index (χ2v) is 8.30. The summed E-state index contributed by atoms with van der Waals surface area (Å²) in [5.74, 6) is 0.534. The molecule has 0 N–H and O–H groups in total. The van der Waals surface area contributed by atoms with E-state index in [9.17, 15) is 13.2 Å². The van der Waals surface area contributed by atoms with E-state index in [0.29, 0.717) is 17.9 Å². The highest BCUT2D eigenvalue weighted by Gasteiger charge is 2.28. The average Bonchev–Trinajstić information content (AvgIpc) is 3.15. The number of methoxy groups -OCH3 is 3. The number of carbonyl (C=O) groups is 1. The zero-order valence-electron chi connectivity index (χ0n) is 15.0. The lowest BCUT2D eigenvalue weighted by Gasteiger charge is -2.17. The predicted octanol–water partition coefficient (Wildman–Crippen LogP) is 2.42. The van der Waals surface area contributed by atoms with Crippen molar-refractivity contribution in [2.24, 2.45) is 0 Å². The topological polar surface area (TPSA) is 82.1 Å². The molecule has 1 heterocycles. The predicted molar refractivity (Wildman–Crippen MR) is 98.7 cm³/mol. The van der Waals surface area contributed by atoms with Gasteiger partial charge in [0.05, 0.1) is 21.3 Å². The molecule has 2 aromatic rings. The van der Waals surface area contributed by atoms with Gasteiger partial charge in [-0.15, -0.1) is 11.3 Å². The maximum atomic E-state index is 12.8. The summed E-state index contributed by atoms with van der Waals surface area (Å²) in [6, 6.07) is 6.85. The maximum Gasteiger partial charge on any atom is 0.349 e. The normalized spacial score (nSPS) is 11.4. The number of likely N-dealkylation sites (N-methyl/N-ethyl adjacent to an activating group) is 1. The minimum absolute atomic E-state index is 0.0378. The molecular weight excluding hydrogens is 378 g/mol. The Kier molecular flexibility index (Phi) is 6.63. The summed E-state index contributed by atoms with van der Waals surface area (Å²) in [5, 5.41) is 1.56. The first-order chi connectivity index (χ1) is 12.3. The van der Waals surface area contributed by atoms with Gasteiger partial charge in [0, 0.05) is 13.6 Å². The Hall–Kier alpha value is -2.10. The zero-order chi connectivity index (χ0) is 19.3. The quantitative estimate of drug-likeness (QED) is 0.634. The van der Waals surface area contributed by atoms with Gasteiger partial charge >= 0.3 is 5.97 Å². The van der Waals surface area contributed by atoms with Crippen LogP contribution in [0.15, 0.2) is 34.5 Å². The Morgan fingerprint density at radius 2 is 1.81 bits per heavy atom. The van der Waals surface area contributed by atoms with Crippen LogP contribution in [0.4, 0.5) is 0 Å². The number of esters is 1. The highest BCUT2D eigenvalue weighted by atomic mass is 32.2. The van der Waals surface area contributed by atoms with E-state index < -0.39 is 16.0 Å². The number of hydrogen-bond acceptors (Lipinski definition) is 7. The van der Waals surface area contributed by atoms with Crippen molar-refractivity contribution >= 4 is 27.3 Å². The fourth-order valence-electron chi connectivity index (χ4n) is 2.35. The number of ether oxygens (including phenoxy) is 3. The number of benzene rings is 1. The van der Waals surface area contributed by atoms with E-state index >= 15 is 0 Å². The number of carbonyl (C=O) groups excluding carboxylic acids is 1. The molecule has 0 atom stereocenters. The minimum atomic E-state index is -3.79. The van der Waals surface area contributed by atoms with Gasteiger partial charge in [0.15, 0.2) is 11.5 Å². The van der Waals surface area contributed by atoms with Crippen molar-refractivity contribution < 1.29 is 27.4 Å². The summed E-state index contributed by atoms with van der Waals surface area (Å²) in [4.78, 5) is 11.8. The molecule has 26 heavy (non-hydrogen) atoms. The molecule has 0 aliphatic carbocycles. The van der Waals surface area contributed by atoms with Gasteiger partial charge in [-0.3, -0.25) is 0 Å². The molecule has 142 valence electrons. The molecule has 0 fully saturated rings. The Balaban J connectivity index is 2.16. The third-order valence-corrected chi connectivity index (χ3v) is 6.77. The second-order valence-electron chi connectivity index (χ2n) is 5.37. The van der Waals surface area contributed by atoms with Crippen LogP contribution in [0.25, 0.3) is 0 Å². The monoisotopic (exact) mass is 399 g/mol. The van der Waals surface area contributed by atoms with E-state index in [1.54, 1.807) is 25.7 Å². The lowest BCUT2D eigenvalue weighted by Crippen LogP contribution is -2.29. The third kappa shape index (κ3) is 4.17. The molecule has 2 rings (SSSR count). The average molecular weight is 399 g/mol. The molecule has 0 spiro atoms. The van der Waals surface area contributed by atoms with E-state index in [1.165, 1.54) is 24.5 Å². The van der Waals surface area contributed by atoms with Crippen molar-refractivity contribution in [3.63, 3.8) is 0 Å². The Morgan fingerprint density at radius 1 is 1.12 bits per heavy atom. The van der Waals surface area contributed by atoms with Gasteiger partial charge in [-0.1, -0.05) is 6.07 Å². The lowest BCUT2D eigenvalue weighted by molar-refractivity contribution is 0.0602. The summed E-state index contributed by atoms with van der Waals surface area (Å²) in [6.45, 7) is 0.244. The number of hydrogen-bond donors (Lipinski definition) is 0. The van der Waals surface area contributed by atoms with Crippen LogP contribution < -0.4 is 9.47 Å². The van der Waals surface area contributed by atoms with E-state index in [2.05, 4.69) is 4.74 Å². The first-order valence-corrected chi connectivity index (χ1v) is 10.00. The molecular formula is C17H21NO6S2. The van der Waals surface area contributed by atoms with Gasteiger partial charge < -0.3 is 14.2 Å².